The Hall–Kier alpha value is -3.06. The van der Waals surface area contributed by atoms with Crippen molar-refractivity contribution in [2.45, 2.75) is 52.0 Å². The second-order valence-corrected chi connectivity index (χ2v) is 7.58. The molecule has 0 aliphatic rings. The van der Waals surface area contributed by atoms with E-state index in [0.717, 1.165) is 5.56 Å². The van der Waals surface area contributed by atoms with Crippen molar-refractivity contribution < 1.29 is 29.3 Å². The van der Waals surface area contributed by atoms with E-state index in [1.165, 1.54) is 0 Å². The molecule has 156 valence electrons. The number of hydrogen-bond acceptors (Lipinski definition) is 5. The van der Waals surface area contributed by atoms with Crippen LogP contribution in [-0.4, -0.2) is 33.9 Å². The molecule has 0 spiro atoms. The number of rotatable bonds is 8. The van der Waals surface area contributed by atoms with E-state index in [0.29, 0.717) is 16.9 Å². The first-order chi connectivity index (χ1) is 13.7. The summed E-state index contributed by atoms with van der Waals surface area (Å²) in [6.07, 6.45) is -0.832. The van der Waals surface area contributed by atoms with Gasteiger partial charge in [0.05, 0.1) is 6.61 Å². The van der Waals surface area contributed by atoms with E-state index >= 15 is 0 Å². The van der Waals surface area contributed by atoms with Crippen LogP contribution in [-0.2, 0) is 29.2 Å². The first-order valence-corrected chi connectivity index (χ1v) is 9.30. The third-order valence-electron chi connectivity index (χ3n) is 3.99. The molecule has 0 radical (unpaired) electrons. The van der Waals surface area contributed by atoms with Gasteiger partial charge in [0.1, 0.15) is 24.0 Å². The van der Waals surface area contributed by atoms with Crippen LogP contribution in [0.5, 0.6) is 5.75 Å². The first-order valence-electron chi connectivity index (χ1n) is 9.30. The number of carboxylic acid groups (broad SMARTS) is 1. The number of amides is 1. The van der Waals surface area contributed by atoms with Gasteiger partial charge < -0.3 is 25.0 Å². The molecule has 2 aromatic carbocycles. The highest BCUT2D eigenvalue weighted by Gasteiger charge is 2.26. The number of carboxylic acids is 1. The van der Waals surface area contributed by atoms with Crippen molar-refractivity contribution in [1.82, 2.24) is 5.32 Å². The highest BCUT2D eigenvalue weighted by Crippen LogP contribution is 2.27. The van der Waals surface area contributed by atoms with E-state index in [9.17, 15) is 19.8 Å². The summed E-state index contributed by atoms with van der Waals surface area (Å²) in [4.78, 5) is 23.7. The van der Waals surface area contributed by atoms with Crippen LogP contribution in [0.1, 0.15) is 37.5 Å². The zero-order valence-corrected chi connectivity index (χ0v) is 16.8. The minimum absolute atomic E-state index is 0.0213. The SMILES string of the molecule is CC(C)(C)OC(=O)N[C@@H](Cc1cccc(CO)c1OCc1ccccc1)C(=O)O. The largest absolute Gasteiger partial charge is 0.488 e. The quantitative estimate of drug-likeness (QED) is 0.627. The number of nitrogens with one attached hydrogen (secondary N) is 1. The molecule has 0 aromatic heterocycles. The van der Waals surface area contributed by atoms with Crippen molar-refractivity contribution in [3.63, 3.8) is 0 Å². The van der Waals surface area contributed by atoms with E-state index in [1.807, 2.05) is 30.3 Å². The number of hydrogen-bond donors (Lipinski definition) is 3. The molecule has 0 aliphatic carbocycles. The molecule has 2 aromatic rings. The molecule has 0 saturated heterocycles. The summed E-state index contributed by atoms with van der Waals surface area (Å²) in [5.41, 5.74) is 1.30. The molecule has 7 nitrogen and oxygen atoms in total. The van der Waals surface area contributed by atoms with Crippen LogP contribution in [0.15, 0.2) is 48.5 Å². The number of aliphatic hydroxyl groups is 1. The summed E-state index contributed by atoms with van der Waals surface area (Å²) in [7, 11) is 0. The molecule has 0 heterocycles. The number of carbonyl (C=O) groups excluding carboxylic acids is 1. The number of carbonyl (C=O) groups is 2. The van der Waals surface area contributed by atoms with Crippen molar-refractivity contribution in [3.8, 4) is 5.75 Å². The summed E-state index contributed by atoms with van der Waals surface area (Å²) in [5.74, 6) is -0.782. The van der Waals surface area contributed by atoms with Crippen molar-refractivity contribution in [2.75, 3.05) is 0 Å². The molecule has 0 aliphatic heterocycles. The molecule has 0 fully saturated rings. The number of aliphatic hydroxyl groups excluding tert-OH is 1. The number of alkyl carbamates (subject to hydrolysis) is 1. The molecule has 3 N–H and O–H groups in total. The lowest BCUT2D eigenvalue weighted by Gasteiger charge is -2.23. The number of para-hydroxylation sites is 1. The van der Waals surface area contributed by atoms with Crippen LogP contribution in [0.4, 0.5) is 4.79 Å². The Labute approximate surface area is 170 Å². The fourth-order valence-corrected chi connectivity index (χ4v) is 2.71. The lowest BCUT2D eigenvalue weighted by Crippen LogP contribution is -2.44. The number of benzene rings is 2. The van der Waals surface area contributed by atoms with Crippen molar-refractivity contribution >= 4 is 12.1 Å². The van der Waals surface area contributed by atoms with Crippen molar-refractivity contribution in [3.05, 3.63) is 65.2 Å². The zero-order valence-electron chi connectivity index (χ0n) is 16.8. The molecule has 1 atom stereocenters. The summed E-state index contributed by atoms with van der Waals surface area (Å²) >= 11 is 0. The van der Waals surface area contributed by atoms with Gasteiger partial charge in [0.25, 0.3) is 0 Å². The molecule has 29 heavy (non-hydrogen) atoms. The van der Waals surface area contributed by atoms with Crippen molar-refractivity contribution in [1.29, 1.82) is 0 Å². The summed E-state index contributed by atoms with van der Waals surface area (Å²) in [5, 5.41) is 21.6. The Bertz CT molecular complexity index is 829. The fraction of sp³-hybridized carbons (Fsp3) is 0.364. The molecule has 0 bridgehead atoms. The average Bonchev–Trinajstić information content (AvgIpc) is 2.65. The van der Waals surface area contributed by atoms with Gasteiger partial charge in [-0.15, -0.1) is 0 Å². The predicted molar refractivity (Wildman–Crippen MR) is 108 cm³/mol. The van der Waals surface area contributed by atoms with Gasteiger partial charge >= 0.3 is 12.1 Å². The Morgan fingerprint density at radius 1 is 1.03 bits per heavy atom. The van der Waals surface area contributed by atoms with Crippen LogP contribution in [0.2, 0.25) is 0 Å². The smallest absolute Gasteiger partial charge is 0.408 e. The minimum atomic E-state index is -1.21. The van der Waals surface area contributed by atoms with E-state index < -0.39 is 23.7 Å². The average molecular weight is 401 g/mol. The monoisotopic (exact) mass is 401 g/mol. The molecule has 1 amide bonds. The Kier molecular flexibility index (Phi) is 7.61. The van der Waals surface area contributed by atoms with Gasteiger partial charge in [-0.3, -0.25) is 0 Å². The fourth-order valence-electron chi connectivity index (χ4n) is 2.71. The summed E-state index contributed by atoms with van der Waals surface area (Å²) in [6.45, 7) is 5.10. The Balaban J connectivity index is 2.20. The van der Waals surface area contributed by atoms with Gasteiger partial charge in [-0.1, -0.05) is 48.5 Å². The van der Waals surface area contributed by atoms with Crippen molar-refractivity contribution in [2.24, 2.45) is 0 Å². The van der Waals surface area contributed by atoms with E-state index in [4.69, 9.17) is 9.47 Å². The summed E-state index contributed by atoms with van der Waals surface area (Å²) in [6, 6.07) is 13.4. The zero-order chi connectivity index (χ0) is 21.4. The summed E-state index contributed by atoms with van der Waals surface area (Å²) < 4.78 is 11.1. The molecule has 7 heteroatoms. The molecule has 0 saturated carbocycles. The van der Waals surface area contributed by atoms with Gasteiger partial charge in [0.15, 0.2) is 0 Å². The minimum Gasteiger partial charge on any atom is -0.488 e. The molecular weight excluding hydrogens is 374 g/mol. The topological polar surface area (TPSA) is 105 Å². The predicted octanol–water partition coefficient (Wildman–Crippen LogP) is 3.28. The van der Waals surface area contributed by atoms with Gasteiger partial charge in [0.2, 0.25) is 0 Å². The maximum absolute atomic E-state index is 12.0. The molecule has 0 unspecified atom stereocenters. The lowest BCUT2D eigenvalue weighted by molar-refractivity contribution is -0.139. The van der Waals surface area contributed by atoms with Gasteiger partial charge in [-0.2, -0.15) is 0 Å². The third kappa shape index (κ3) is 7.12. The second-order valence-electron chi connectivity index (χ2n) is 7.58. The van der Waals surface area contributed by atoms with Gasteiger partial charge in [-0.25, -0.2) is 9.59 Å². The molecule has 2 rings (SSSR count). The maximum atomic E-state index is 12.0. The highest BCUT2D eigenvalue weighted by molar-refractivity contribution is 5.80. The van der Waals surface area contributed by atoms with Crippen LogP contribution in [0.25, 0.3) is 0 Å². The van der Waals surface area contributed by atoms with Crippen LogP contribution in [0, 0.1) is 0 Å². The second kappa shape index (κ2) is 9.93. The third-order valence-corrected chi connectivity index (χ3v) is 3.99. The highest BCUT2D eigenvalue weighted by atomic mass is 16.6. The van der Waals surface area contributed by atoms with E-state index in [1.54, 1.807) is 39.0 Å². The van der Waals surface area contributed by atoms with E-state index in [2.05, 4.69) is 5.32 Å². The first kappa shape index (κ1) is 22.2. The van der Waals surface area contributed by atoms with Crippen LogP contribution in [0.3, 0.4) is 0 Å². The van der Waals surface area contributed by atoms with Gasteiger partial charge in [-0.05, 0) is 31.9 Å². The molecular formula is C22H27NO6. The number of ether oxygens (including phenoxy) is 2. The standard InChI is InChI=1S/C22H27NO6/c1-22(2,3)29-21(27)23-18(20(25)26)12-16-10-7-11-17(13-24)19(16)28-14-15-8-5-4-6-9-15/h4-11,18,24H,12-14H2,1-3H3,(H,23,27)(H,25,26)/t18-/m0/s1. The normalized spacial score (nSPS) is 12.1. The van der Waals surface area contributed by atoms with Gasteiger partial charge in [0, 0.05) is 12.0 Å². The van der Waals surface area contributed by atoms with E-state index in [-0.39, 0.29) is 19.6 Å². The van der Waals surface area contributed by atoms with Crippen LogP contribution < -0.4 is 10.1 Å². The maximum Gasteiger partial charge on any atom is 0.408 e. The Morgan fingerprint density at radius 3 is 2.28 bits per heavy atom. The lowest BCUT2D eigenvalue weighted by atomic mass is 10.0. The number of aliphatic carboxylic acids is 1. The Morgan fingerprint density at radius 2 is 1.69 bits per heavy atom. The van der Waals surface area contributed by atoms with Crippen LogP contribution >= 0.6 is 0 Å².